The number of halogens is 4. The number of alkyl halides is 3. The van der Waals surface area contributed by atoms with E-state index >= 15 is 0 Å². The second-order valence-electron chi connectivity index (χ2n) is 8.15. The first kappa shape index (κ1) is 24.0. The second-order valence-corrected chi connectivity index (χ2v) is 8.51. The highest BCUT2D eigenvalue weighted by Crippen LogP contribution is 2.40. The normalized spacial score (nSPS) is 17.1. The Morgan fingerprint density at radius 2 is 2.03 bits per heavy atom. The molecule has 0 spiro atoms. The van der Waals surface area contributed by atoms with Gasteiger partial charge < -0.3 is 14.8 Å². The van der Waals surface area contributed by atoms with Gasteiger partial charge in [-0.3, -0.25) is 4.90 Å². The number of aryl methyl sites for hydroxylation is 1. The minimum absolute atomic E-state index is 0.0383. The third-order valence-corrected chi connectivity index (χ3v) is 6.20. The Morgan fingerprint density at radius 3 is 2.62 bits per heavy atom. The number of ether oxygens (including phenoxy) is 2. The van der Waals surface area contributed by atoms with Gasteiger partial charge in [-0.2, -0.15) is 23.7 Å². The first-order valence-corrected chi connectivity index (χ1v) is 10.8. The van der Waals surface area contributed by atoms with Crippen LogP contribution < -0.4 is 10.1 Å². The number of aromatic nitrogens is 2. The average molecular weight is 493 g/mol. The molecular weight excluding hydrogens is 473 g/mol. The van der Waals surface area contributed by atoms with Crippen LogP contribution in [0.4, 0.5) is 19.0 Å². The zero-order valence-corrected chi connectivity index (χ0v) is 18.9. The van der Waals surface area contributed by atoms with Gasteiger partial charge in [-0.25, -0.2) is 9.97 Å². The number of nitrogens with zero attached hydrogens (tertiary/aromatic N) is 5. The van der Waals surface area contributed by atoms with Gasteiger partial charge in [-0.15, -0.1) is 0 Å². The van der Waals surface area contributed by atoms with Gasteiger partial charge in [0.1, 0.15) is 23.6 Å². The van der Waals surface area contributed by atoms with Gasteiger partial charge in [0.05, 0.1) is 24.8 Å². The Bertz CT molecular complexity index is 1190. The molecule has 2 aromatic heterocycles. The van der Waals surface area contributed by atoms with Gasteiger partial charge in [0.25, 0.3) is 5.60 Å². The monoisotopic (exact) mass is 492 g/mol. The van der Waals surface area contributed by atoms with Crippen LogP contribution >= 0.6 is 11.6 Å². The molecule has 2 aliphatic rings. The first-order chi connectivity index (χ1) is 16.2. The standard InChI is InChI=1S/C22H20ClF3N6O2/c1-13-14(2-3-18(30-13)34-21(11-33-12-21)22(24,25)26)9-32-7-4-15-16(8-28)19(23)31-20(17(15)10-32)29-6-5-27/h2-3H,4,6-7,9-12H2,1H3,(H,29,31). The van der Waals surface area contributed by atoms with E-state index in [1.807, 2.05) is 6.07 Å². The van der Waals surface area contributed by atoms with E-state index in [2.05, 4.69) is 26.3 Å². The quantitative estimate of drug-likeness (QED) is 0.482. The molecule has 8 nitrogen and oxygen atoms in total. The van der Waals surface area contributed by atoms with Crippen LogP contribution in [0.1, 0.15) is 27.9 Å². The van der Waals surface area contributed by atoms with Crippen molar-refractivity contribution in [1.82, 2.24) is 14.9 Å². The Balaban J connectivity index is 1.52. The van der Waals surface area contributed by atoms with Crippen LogP contribution in [0.25, 0.3) is 0 Å². The Labute approximate surface area is 198 Å². The molecule has 0 aliphatic carbocycles. The highest BCUT2D eigenvalue weighted by molar-refractivity contribution is 6.30. The van der Waals surface area contributed by atoms with Crippen molar-refractivity contribution in [3.05, 3.63) is 45.2 Å². The summed E-state index contributed by atoms with van der Waals surface area (Å²) >= 11 is 6.17. The van der Waals surface area contributed by atoms with Crippen molar-refractivity contribution in [3.63, 3.8) is 0 Å². The zero-order valence-electron chi connectivity index (χ0n) is 18.2. The van der Waals surface area contributed by atoms with Crippen molar-refractivity contribution < 1.29 is 22.6 Å². The third-order valence-electron chi connectivity index (χ3n) is 5.93. The van der Waals surface area contributed by atoms with Gasteiger partial charge in [-0.1, -0.05) is 17.7 Å². The van der Waals surface area contributed by atoms with Gasteiger partial charge in [0.15, 0.2) is 0 Å². The molecule has 12 heteroatoms. The summed E-state index contributed by atoms with van der Waals surface area (Å²) in [6.45, 7) is 2.20. The molecule has 0 amide bonds. The van der Waals surface area contributed by atoms with E-state index in [1.165, 1.54) is 6.07 Å². The van der Waals surface area contributed by atoms with Crippen molar-refractivity contribution in [2.24, 2.45) is 0 Å². The van der Waals surface area contributed by atoms with E-state index in [9.17, 15) is 18.4 Å². The van der Waals surface area contributed by atoms with E-state index < -0.39 is 25.0 Å². The summed E-state index contributed by atoms with van der Waals surface area (Å²) in [5.41, 5.74) is 0.954. The predicted octanol–water partition coefficient (Wildman–Crippen LogP) is 3.51. The van der Waals surface area contributed by atoms with E-state index in [-0.39, 0.29) is 17.6 Å². The molecule has 0 saturated carbocycles. The van der Waals surface area contributed by atoms with E-state index in [0.717, 1.165) is 16.7 Å². The van der Waals surface area contributed by atoms with Gasteiger partial charge in [0.2, 0.25) is 5.88 Å². The molecule has 1 saturated heterocycles. The van der Waals surface area contributed by atoms with Crippen LogP contribution in [0.15, 0.2) is 12.1 Å². The smallest absolute Gasteiger partial charge is 0.432 e. The topological polar surface area (TPSA) is 107 Å². The molecule has 4 heterocycles. The number of anilines is 1. The summed E-state index contributed by atoms with van der Waals surface area (Å²) in [6.07, 6.45) is -4.00. The second kappa shape index (κ2) is 9.26. The molecule has 0 aromatic carbocycles. The Kier molecular flexibility index (Phi) is 6.54. The molecule has 1 fully saturated rings. The lowest BCUT2D eigenvalue weighted by Crippen LogP contribution is -2.64. The summed E-state index contributed by atoms with van der Waals surface area (Å²) in [5.74, 6) is 0.357. The summed E-state index contributed by atoms with van der Waals surface area (Å²) in [4.78, 5) is 10.6. The Morgan fingerprint density at radius 1 is 1.26 bits per heavy atom. The fraction of sp³-hybridized carbons (Fsp3) is 0.455. The molecule has 0 radical (unpaired) electrons. The van der Waals surface area contributed by atoms with Crippen LogP contribution in [0.2, 0.25) is 5.15 Å². The van der Waals surface area contributed by atoms with Crippen LogP contribution in [0.3, 0.4) is 0 Å². The molecule has 0 unspecified atom stereocenters. The Hall–Kier alpha value is -3.12. The number of nitriles is 2. The molecular formula is C22H20ClF3N6O2. The predicted molar refractivity (Wildman–Crippen MR) is 115 cm³/mol. The number of hydrogen-bond donors (Lipinski definition) is 1. The summed E-state index contributed by atoms with van der Waals surface area (Å²) < 4.78 is 50.0. The van der Waals surface area contributed by atoms with Crippen LogP contribution in [0.5, 0.6) is 5.88 Å². The molecule has 1 N–H and O–H groups in total. The zero-order chi connectivity index (χ0) is 24.5. The lowest BCUT2D eigenvalue weighted by atomic mass is 9.96. The molecule has 2 aromatic rings. The fourth-order valence-electron chi connectivity index (χ4n) is 3.98. The molecule has 178 valence electrons. The largest absolute Gasteiger partial charge is 0.456 e. The lowest BCUT2D eigenvalue weighted by Gasteiger charge is -2.41. The number of nitrogens with one attached hydrogen (secondary N) is 1. The highest BCUT2D eigenvalue weighted by atomic mass is 35.5. The van der Waals surface area contributed by atoms with Crippen LogP contribution in [-0.4, -0.2) is 52.9 Å². The number of pyridine rings is 2. The van der Waals surface area contributed by atoms with Crippen molar-refractivity contribution >= 4 is 17.4 Å². The SMILES string of the molecule is Cc1nc(OC2(C(F)(F)F)COC2)ccc1CN1CCc2c(C#N)c(Cl)nc(NCC#N)c2C1. The number of rotatable bonds is 6. The summed E-state index contributed by atoms with van der Waals surface area (Å²) in [6, 6.07) is 7.24. The van der Waals surface area contributed by atoms with Crippen molar-refractivity contribution in [1.29, 1.82) is 10.5 Å². The minimum atomic E-state index is -4.56. The van der Waals surface area contributed by atoms with Crippen LogP contribution in [0, 0.1) is 29.6 Å². The van der Waals surface area contributed by atoms with Gasteiger partial charge >= 0.3 is 6.18 Å². The summed E-state index contributed by atoms with van der Waals surface area (Å²) in [5, 5.41) is 21.4. The maximum absolute atomic E-state index is 13.3. The maximum Gasteiger partial charge on any atom is 0.432 e. The van der Waals surface area contributed by atoms with Gasteiger partial charge in [0, 0.05) is 37.0 Å². The average Bonchev–Trinajstić information content (AvgIpc) is 2.75. The maximum atomic E-state index is 13.3. The van der Waals surface area contributed by atoms with Crippen molar-refractivity contribution in [3.8, 4) is 18.0 Å². The highest BCUT2D eigenvalue weighted by Gasteiger charge is 2.63. The molecule has 2 aliphatic heterocycles. The van der Waals surface area contributed by atoms with Crippen LogP contribution in [-0.2, 0) is 24.2 Å². The third kappa shape index (κ3) is 4.47. The van der Waals surface area contributed by atoms with Crippen molar-refractivity contribution in [2.45, 2.75) is 38.2 Å². The minimum Gasteiger partial charge on any atom is -0.456 e. The molecule has 34 heavy (non-hydrogen) atoms. The first-order valence-electron chi connectivity index (χ1n) is 10.4. The number of hydrogen-bond acceptors (Lipinski definition) is 8. The molecule has 0 atom stereocenters. The van der Waals surface area contributed by atoms with E-state index in [0.29, 0.717) is 43.1 Å². The molecule has 4 rings (SSSR count). The number of fused-ring (bicyclic) bond motifs is 1. The van der Waals surface area contributed by atoms with Gasteiger partial charge in [-0.05, 0) is 24.5 Å². The lowest BCUT2D eigenvalue weighted by molar-refractivity contribution is -0.323. The molecule has 0 bridgehead atoms. The van der Waals surface area contributed by atoms with E-state index in [1.54, 1.807) is 13.0 Å². The fourth-order valence-corrected chi connectivity index (χ4v) is 4.22. The summed E-state index contributed by atoms with van der Waals surface area (Å²) in [7, 11) is 0. The van der Waals surface area contributed by atoms with E-state index in [4.69, 9.17) is 26.3 Å². The van der Waals surface area contributed by atoms with Crippen molar-refractivity contribution in [2.75, 3.05) is 31.6 Å².